The van der Waals surface area contributed by atoms with Gasteiger partial charge in [-0.2, -0.15) is 0 Å². The molecule has 3 heterocycles. The zero-order chi connectivity index (χ0) is 22.2. The number of hydrogen-bond donors (Lipinski definition) is 2. The van der Waals surface area contributed by atoms with E-state index in [0.717, 1.165) is 61.5 Å². The molecule has 5 aliphatic rings. The first-order valence-corrected chi connectivity index (χ1v) is 13.5. The molecule has 4 aliphatic carbocycles. The van der Waals surface area contributed by atoms with Crippen molar-refractivity contribution >= 4 is 44.7 Å². The second kappa shape index (κ2) is 7.50. The first-order chi connectivity index (χ1) is 16.0. The molecular formula is C24H27BrN5O2S+. The lowest BCUT2D eigenvalue weighted by atomic mass is 9.49. The van der Waals surface area contributed by atoms with Gasteiger partial charge in [0, 0.05) is 9.37 Å². The number of nitrogens with two attached hydrogens (primary N) is 1. The van der Waals surface area contributed by atoms with Crippen molar-refractivity contribution in [2.24, 2.45) is 23.2 Å². The Labute approximate surface area is 205 Å². The van der Waals surface area contributed by atoms with Crippen LogP contribution in [0.1, 0.15) is 44.9 Å². The Hall–Kier alpha value is -2.00. The number of halogens is 1. The van der Waals surface area contributed by atoms with Crippen molar-refractivity contribution in [1.82, 2.24) is 15.0 Å². The first-order valence-electron chi connectivity index (χ1n) is 11.8. The quantitative estimate of drug-likeness (QED) is 0.449. The van der Waals surface area contributed by atoms with E-state index < -0.39 is 0 Å². The van der Waals surface area contributed by atoms with Crippen LogP contribution >= 0.6 is 27.7 Å². The summed E-state index contributed by atoms with van der Waals surface area (Å²) in [6, 6.07) is 3.92. The minimum atomic E-state index is 0.256. The average Bonchev–Trinajstić information content (AvgIpc) is 3.40. The molecule has 0 saturated heterocycles. The number of fused-ring (bicyclic) bond motifs is 2. The van der Waals surface area contributed by atoms with Crippen molar-refractivity contribution in [3.63, 3.8) is 0 Å². The Morgan fingerprint density at radius 1 is 1.12 bits per heavy atom. The summed E-state index contributed by atoms with van der Waals surface area (Å²) >= 11 is 5.18. The van der Waals surface area contributed by atoms with Gasteiger partial charge in [-0.15, -0.1) is 0 Å². The molecule has 1 aliphatic heterocycles. The molecule has 1 aromatic carbocycles. The van der Waals surface area contributed by atoms with Gasteiger partial charge in [-0.1, -0.05) is 9.97 Å². The minimum absolute atomic E-state index is 0.256. The number of benzene rings is 1. The summed E-state index contributed by atoms with van der Waals surface area (Å²) in [6.07, 6.45) is 11.8. The largest absolute Gasteiger partial charge is 0.454 e. The number of hydrogen-bond acceptors (Lipinski definition) is 6. The van der Waals surface area contributed by atoms with Gasteiger partial charge >= 0.3 is 0 Å². The van der Waals surface area contributed by atoms with Crippen LogP contribution in [0, 0.1) is 23.2 Å². The monoisotopic (exact) mass is 528 g/mol. The number of nitrogen functional groups attached to an aromatic ring is 1. The molecular weight excluding hydrogens is 502 g/mol. The van der Waals surface area contributed by atoms with E-state index in [1.807, 2.05) is 18.5 Å². The number of rotatable bonds is 5. The number of aromatic amines is 1. The lowest BCUT2D eigenvalue weighted by Gasteiger charge is -2.57. The third kappa shape index (κ3) is 3.50. The van der Waals surface area contributed by atoms with Crippen molar-refractivity contribution in [2.45, 2.75) is 61.5 Å². The molecule has 9 heteroatoms. The summed E-state index contributed by atoms with van der Waals surface area (Å²) in [7, 11) is 0. The van der Waals surface area contributed by atoms with Crippen molar-refractivity contribution < 1.29 is 14.0 Å². The molecule has 0 radical (unpaired) electrons. The summed E-state index contributed by atoms with van der Waals surface area (Å²) in [5.74, 6) is 4.91. The standard InChI is InChI=1S/C24H26BrN5O2S/c25-16-6-17-18(32-12-31-17)7-19(16)33-23-28-20-21(26)27-11-30(22(20)29-23)2-1-24-8-13-3-14(9-24)5-15(4-13)10-24/h6-7,11,13-15H,1-5,8-10,12H2,(H2,26,28,29)/p+1. The maximum Gasteiger partial charge on any atom is 0.294 e. The van der Waals surface area contributed by atoms with E-state index in [-0.39, 0.29) is 6.79 Å². The van der Waals surface area contributed by atoms with Gasteiger partial charge in [-0.05, 0) is 108 Å². The lowest BCUT2D eigenvalue weighted by molar-refractivity contribution is -0.678. The summed E-state index contributed by atoms with van der Waals surface area (Å²) in [5, 5.41) is 0.785. The second-order valence-corrected chi connectivity index (χ2v) is 12.4. The fraction of sp³-hybridized carbons (Fsp3) is 0.542. The van der Waals surface area contributed by atoms with Gasteiger partial charge in [-0.3, -0.25) is 0 Å². The number of anilines is 1. The highest BCUT2D eigenvalue weighted by molar-refractivity contribution is 9.10. The van der Waals surface area contributed by atoms with Crippen molar-refractivity contribution in [1.29, 1.82) is 0 Å². The molecule has 33 heavy (non-hydrogen) atoms. The summed E-state index contributed by atoms with van der Waals surface area (Å²) in [5.41, 5.74) is 8.44. The van der Waals surface area contributed by atoms with E-state index in [4.69, 9.17) is 20.2 Å². The van der Waals surface area contributed by atoms with Gasteiger partial charge in [0.15, 0.2) is 17.0 Å². The van der Waals surface area contributed by atoms with E-state index in [0.29, 0.717) is 11.2 Å². The molecule has 4 bridgehead atoms. The van der Waals surface area contributed by atoms with Gasteiger partial charge < -0.3 is 20.2 Å². The van der Waals surface area contributed by atoms with Crippen LogP contribution in [-0.4, -0.2) is 21.7 Å². The summed E-state index contributed by atoms with van der Waals surface area (Å²) in [4.78, 5) is 13.8. The van der Waals surface area contributed by atoms with E-state index in [1.54, 1.807) is 11.8 Å². The number of nitrogens with zero attached hydrogens (tertiary/aromatic N) is 3. The Morgan fingerprint density at radius 3 is 2.55 bits per heavy atom. The molecule has 0 atom stereocenters. The van der Waals surface area contributed by atoms with E-state index in [2.05, 4.69) is 30.5 Å². The van der Waals surface area contributed by atoms with Crippen LogP contribution in [0.5, 0.6) is 11.5 Å². The maximum absolute atomic E-state index is 6.23. The molecule has 0 amide bonds. The van der Waals surface area contributed by atoms with E-state index >= 15 is 0 Å². The van der Waals surface area contributed by atoms with Gasteiger partial charge in [0.25, 0.3) is 5.65 Å². The van der Waals surface area contributed by atoms with Gasteiger partial charge in [-0.25, -0.2) is 4.57 Å². The third-order valence-electron chi connectivity index (χ3n) is 8.21. The minimum Gasteiger partial charge on any atom is -0.454 e. The Bertz CT molecular complexity index is 1230. The van der Waals surface area contributed by atoms with Crippen molar-refractivity contribution in [3.05, 3.63) is 22.9 Å². The number of aryl methyl sites for hydroxylation is 1. The number of nitrogens with one attached hydrogen (secondary N) is 1. The highest BCUT2D eigenvalue weighted by Gasteiger charge is 2.50. The van der Waals surface area contributed by atoms with Crippen LogP contribution in [0.15, 0.2) is 33.0 Å². The Kier molecular flexibility index (Phi) is 4.63. The topological polar surface area (TPSA) is 89.9 Å². The van der Waals surface area contributed by atoms with Crippen LogP contribution in [0.3, 0.4) is 0 Å². The van der Waals surface area contributed by atoms with E-state index in [9.17, 15) is 0 Å². The van der Waals surface area contributed by atoms with Gasteiger partial charge in [0.05, 0.1) is 6.54 Å². The number of aromatic nitrogens is 4. The smallest absolute Gasteiger partial charge is 0.294 e. The summed E-state index contributed by atoms with van der Waals surface area (Å²) < 4.78 is 14.1. The molecule has 7 nitrogen and oxygen atoms in total. The van der Waals surface area contributed by atoms with Crippen LogP contribution in [0.4, 0.5) is 5.82 Å². The second-order valence-electron chi connectivity index (χ2n) is 10.5. The fourth-order valence-corrected chi connectivity index (χ4v) is 8.61. The number of imidazole rings is 1. The predicted octanol–water partition coefficient (Wildman–Crippen LogP) is 5.08. The first kappa shape index (κ1) is 20.4. The molecule has 0 unspecified atom stereocenters. The summed E-state index contributed by atoms with van der Waals surface area (Å²) in [6.45, 7) is 1.20. The highest BCUT2D eigenvalue weighted by atomic mass is 79.9. The molecule has 172 valence electrons. The molecule has 8 rings (SSSR count). The molecule has 3 aromatic rings. The third-order valence-corrected chi connectivity index (χ3v) is 10.1. The Balaban J connectivity index is 1.16. The molecule has 0 spiro atoms. The van der Waals surface area contributed by atoms with Gasteiger partial charge in [0.2, 0.25) is 24.1 Å². The lowest BCUT2D eigenvalue weighted by Crippen LogP contribution is -2.48. The van der Waals surface area contributed by atoms with Crippen LogP contribution in [0.25, 0.3) is 11.2 Å². The number of H-pyrrole nitrogens is 1. The molecule has 4 saturated carbocycles. The van der Waals surface area contributed by atoms with Crippen LogP contribution in [0.2, 0.25) is 0 Å². The zero-order valence-electron chi connectivity index (χ0n) is 18.3. The van der Waals surface area contributed by atoms with Crippen LogP contribution < -0.4 is 19.8 Å². The molecule has 2 aromatic heterocycles. The average molecular weight is 529 g/mol. The van der Waals surface area contributed by atoms with E-state index in [1.165, 1.54) is 44.9 Å². The number of ether oxygens (including phenoxy) is 2. The highest BCUT2D eigenvalue weighted by Crippen LogP contribution is 2.61. The normalized spacial score (nSPS) is 29.3. The van der Waals surface area contributed by atoms with Crippen molar-refractivity contribution in [2.75, 3.05) is 12.5 Å². The van der Waals surface area contributed by atoms with Crippen LogP contribution in [-0.2, 0) is 6.54 Å². The van der Waals surface area contributed by atoms with Crippen molar-refractivity contribution in [3.8, 4) is 11.5 Å². The molecule has 3 N–H and O–H groups in total. The zero-order valence-corrected chi connectivity index (χ0v) is 20.8. The Morgan fingerprint density at radius 2 is 1.82 bits per heavy atom. The maximum atomic E-state index is 6.23. The SMILES string of the molecule is Nc1nc[n+](CCC23CC4CC(CC(C4)C2)C3)c2nc(Sc3cc4c(cc3Br)OCO4)[nH]c12. The molecule has 4 fully saturated rings. The predicted molar refractivity (Wildman–Crippen MR) is 128 cm³/mol. The fourth-order valence-electron chi connectivity index (χ4n) is 7.23. The van der Waals surface area contributed by atoms with Gasteiger partial charge in [0.1, 0.15) is 0 Å².